The Morgan fingerprint density at radius 3 is 2.56 bits per heavy atom. The molecule has 0 aromatic heterocycles. The lowest BCUT2D eigenvalue weighted by molar-refractivity contribution is -0.136. The van der Waals surface area contributed by atoms with Crippen molar-refractivity contribution in [2.75, 3.05) is 7.11 Å². The Morgan fingerprint density at radius 1 is 1.16 bits per heavy atom. The van der Waals surface area contributed by atoms with Crippen molar-refractivity contribution in [1.29, 1.82) is 0 Å². The van der Waals surface area contributed by atoms with E-state index in [0.717, 1.165) is 5.56 Å². The third-order valence-corrected chi connectivity index (χ3v) is 3.97. The molecular weight excluding hydrogens is 393 g/mol. The van der Waals surface area contributed by atoms with Crippen LogP contribution in [-0.4, -0.2) is 19.2 Å². The van der Waals surface area contributed by atoms with Gasteiger partial charge in [-0.15, -0.1) is 0 Å². The summed E-state index contributed by atoms with van der Waals surface area (Å²) >= 11 is 3.09. The largest absolute Gasteiger partial charge is 0.464 e. The molecule has 0 fully saturated rings. The van der Waals surface area contributed by atoms with E-state index in [1.807, 2.05) is 18.2 Å². The monoisotopic (exact) mass is 407 g/mol. The number of nitrogens with one attached hydrogen (secondary N) is 1. The highest BCUT2D eigenvalue weighted by molar-refractivity contribution is 9.10. The fourth-order valence-electron chi connectivity index (χ4n) is 1.91. The summed E-state index contributed by atoms with van der Waals surface area (Å²) < 4.78 is 23.4. The van der Waals surface area contributed by atoms with Gasteiger partial charge in [-0.25, -0.2) is 14.0 Å². The molecule has 2 aromatic carbocycles. The maximum atomic E-state index is 13.6. The maximum absolute atomic E-state index is 13.6. The van der Waals surface area contributed by atoms with Crippen molar-refractivity contribution in [3.8, 4) is 0 Å². The van der Waals surface area contributed by atoms with Crippen LogP contribution < -0.4 is 5.32 Å². The first-order valence-electron chi connectivity index (χ1n) is 7.23. The van der Waals surface area contributed by atoms with Gasteiger partial charge in [-0.3, -0.25) is 5.32 Å². The molecule has 7 heteroatoms. The van der Waals surface area contributed by atoms with E-state index in [0.29, 0.717) is 5.56 Å². The second-order valence-electron chi connectivity index (χ2n) is 4.88. The molecule has 0 radical (unpaired) electrons. The molecule has 0 atom stereocenters. The molecule has 5 nitrogen and oxygen atoms in total. The van der Waals surface area contributed by atoms with Crippen LogP contribution in [0.25, 0.3) is 6.08 Å². The quantitative estimate of drug-likeness (QED) is 0.600. The molecule has 1 N–H and O–H groups in total. The molecule has 0 saturated heterocycles. The van der Waals surface area contributed by atoms with Gasteiger partial charge in [-0.2, -0.15) is 0 Å². The first-order valence-corrected chi connectivity index (χ1v) is 8.02. The van der Waals surface area contributed by atoms with Crippen molar-refractivity contribution in [2.45, 2.75) is 6.61 Å². The first-order chi connectivity index (χ1) is 12.0. The van der Waals surface area contributed by atoms with Gasteiger partial charge < -0.3 is 9.47 Å². The summed E-state index contributed by atoms with van der Waals surface area (Å²) in [5.41, 5.74) is 0.991. The molecule has 0 spiro atoms. The van der Waals surface area contributed by atoms with E-state index in [-0.39, 0.29) is 16.8 Å². The van der Waals surface area contributed by atoms with Crippen LogP contribution in [-0.2, 0) is 20.9 Å². The fourth-order valence-corrected chi connectivity index (χ4v) is 2.29. The number of hydrogen-bond donors (Lipinski definition) is 1. The van der Waals surface area contributed by atoms with Crippen molar-refractivity contribution in [3.63, 3.8) is 0 Å². The molecule has 0 unspecified atom stereocenters. The third kappa shape index (κ3) is 5.42. The van der Waals surface area contributed by atoms with Crippen LogP contribution in [0.15, 0.2) is 58.7 Å². The number of carbonyl (C=O) groups excluding carboxylic acids is 2. The lowest BCUT2D eigenvalue weighted by atomic mass is 10.2. The lowest BCUT2D eigenvalue weighted by Crippen LogP contribution is -2.28. The van der Waals surface area contributed by atoms with Crippen LogP contribution >= 0.6 is 15.9 Å². The van der Waals surface area contributed by atoms with Gasteiger partial charge in [0.15, 0.2) is 0 Å². The van der Waals surface area contributed by atoms with Crippen LogP contribution in [0, 0.1) is 5.82 Å². The predicted octanol–water partition coefficient (Wildman–Crippen LogP) is 4.03. The normalized spacial score (nSPS) is 10.9. The van der Waals surface area contributed by atoms with Crippen LogP contribution in [0.3, 0.4) is 0 Å². The highest BCUT2D eigenvalue weighted by Gasteiger charge is 2.16. The number of methoxy groups -OCH3 is 1. The summed E-state index contributed by atoms with van der Waals surface area (Å²) in [4.78, 5) is 23.8. The van der Waals surface area contributed by atoms with Gasteiger partial charge >= 0.3 is 12.1 Å². The van der Waals surface area contributed by atoms with Crippen LogP contribution in [0.5, 0.6) is 0 Å². The van der Waals surface area contributed by atoms with Gasteiger partial charge in [-0.1, -0.05) is 42.5 Å². The van der Waals surface area contributed by atoms with E-state index in [1.165, 1.54) is 25.3 Å². The second kappa shape index (κ2) is 8.98. The van der Waals surface area contributed by atoms with Crippen molar-refractivity contribution in [1.82, 2.24) is 5.32 Å². The molecule has 0 bridgehead atoms. The second-order valence-corrected chi connectivity index (χ2v) is 5.67. The van der Waals surface area contributed by atoms with Gasteiger partial charge in [0, 0.05) is 0 Å². The number of benzene rings is 2. The summed E-state index contributed by atoms with van der Waals surface area (Å²) in [6.45, 7) is 0.0464. The number of ether oxygens (including phenoxy) is 2. The Kier molecular flexibility index (Phi) is 6.71. The number of hydrogen-bond acceptors (Lipinski definition) is 4. The number of amides is 1. The summed E-state index contributed by atoms with van der Waals surface area (Å²) in [6, 6.07) is 13.4. The smallest absolute Gasteiger partial charge is 0.412 e. The van der Waals surface area contributed by atoms with Gasteiger partial charge in [0.05, 0.1) is 11.6 Å². The molecule has 1 amide bonds. The minimum atomic E-state index is -0.826. The van der Waals surface area contributed by atoms with E-state index < -0.39 is 17.9 Å². The Bertz CT molecular complexity index is 793. The number of halogens is 2. The van der Waals surface area contributed by atoms with Crippen LogP contribution in [0.2, 0.25) is 0 Å². The number of carbonyl (C=O) groups is 2. The highest BCUT2D eigenvalue weighted by atomic mass is 79.9. The molecule has 0 aliphatic rings. The number of alkyl carbamates (subject to hydrolysis) is 1. The summed E-state index contributed by atoms with van der Waals surface area (Å²) in [5.74, 6) is -1.28. The van der Waals surface area contributed by atoms with E-state index in [1.54, 1.807) is 18.2 Å². The molecular formula is C18H15BrFNO4. The third-order valence-electron chi connectivity index (χ3n) is 3.14. The summed E-state index contributed by atoms with van der Waals surface area (Å²) in [5, 5.41) is 2.32. The van der Waals surface area contributed by atoms with E-state index in [2.05, 4.69) is 26.0 Å². The Morgan fingerprint density at radius 2 is 1.88 bits per heavy atom. The first kappa shape index (κ1) is 18.7. The van der Waals surface area contributed by atoms with Gasteiger partial charge in [-0.05, 0) is 39.2 Å². The Balaban J connectivity index is 2.12. The summed E-state index contributed by atoms with van der Waals surface area (Å²) in [6.07, 6.45) is 0.469. The van der Waals surface area contributed by atoms with E-state index in [9.17, 15) is 14.0 Å². The minimum absolute atomic E-state index is 0.0464. The average molecular weight is 408 g/mol. The Hall–Kier alpha value is -2.67. The average Bonchev–Trinajstić information content (AvgIpc) is 2.63. The molecule has 0 saturated carbocycles. The van der Waals surface area contributed by atoms with Gasteiger partial charge in [0.2, 0.25) is 0 Å². The van der Waals surface area contributed by atoms with Crippen molar-refractivity contribution >= 4 is 34.1 Å². The zero-order chi connectivity index (χ0) is 18.2. The maximum Gasteiger partial charge on any atom is 0.412 e. The van der Waals surface area contributed by atoms with Crippen LogP contribution in [0.1, 0.15) is 11.1 Å². The summed E-state index contributed by atoms with van der Waals surface area (Å²) in [7, 11) is 1.17. The van der Waals surface area contributed by atoms with E-state index >= 15 is 0 Å². The van der Waals surface area contributed by atoms with Crippen molar-refractivity contribution in [3.05, 3.63) is 75.6 Å². The van der Waals surface area contributed by atoms with Gasteiger partial charge in [0.1, 0.15) is 18.1 Å². The molecule has 2 aromatic rings. The Labute approximate surface area is 152 Å². The minimum Gasteiger partial charge on any atom is -0.464 e. The number of esters is 1. The van der Waals surface area contributed by atoms with Crippen LogP contribution in [0.4, 0.5) is 9.18 Å². The molecule has 2 rings (SSSR count). The van der Waals surface area contributed by atoms with Crippen molar-refractivity contribution in [2.24, 2.45) is 0 Å². The standard InChI is InChI=1S/C18H15BrFNO4/c1-24-17(22)15(10-13-8-5-9-14(20)16(13)19)21-18(23)25-11-12-6-3-2-4-7-12/h2-10H,11H2,1H3,(H,21,23)/b15-10-. The zero-order valence-corrected chi connectivity index (χ0v) is 14.9. The van der Waals surface area contributed by atoms with Gasteiger partial charge in [0.25, 0.3) is 0 Å². The number of rotatable bonds is 5. The topological polar surface area (TPSA) is 64.6 Å². The lowest BCUT2D eigenvalue weighted by Gasteiger charge is -2.10. The van der Waals surface area contributed by atoms with E-state index in [4.69, 9.17) is 4.74 Å². The SMILES string of the molecule is COC(=O)/C(=C/c1cccc(F)c1Br)NC(=O)OCc1ccccc1. The fraction of sp³-hybridized carbons (Fsp3) is 0.111. The molecule has 130 valence electrons. The zero-order valence-electron chi connectivity index (χ0n) is 13.3. The van der Waals surface area contributed by atoms with Crippen molar-refractivity contribution < 1.29 is 23.5 Å². The predicted molar refractivity (Wildman–Crippen MR) is 93.9 cm³/mol. The molecule has 25 heavy (non-hydrogen) atoms. The highest BCUT2D eigenvalue weighted by Crippen LogP contribution is 2.22. The molecule has 0 aliphatic carbocycles. The molecule has 0 aliphatic heterocycles. The molecule has 0 heterocycles.